The molecule has 9 nitrogen and oxygen atoms in total. The predicted octanol–water partition coefficient (Wildman–Crippen LogP) is 2.00. The summed E-state index contributed by atoms with van der Waals surface area (Å²) in [6.07, 6.45) is 6.41. The van der Waals surface area contributed by atoms with Crippen LogP contribution < -0.4 is 9.47 Å². The van der Waals surface area contributed by atoms with Gasteiger partial charge in [0.1, 0.15) is 0 Å². The first-order valence-corrected chi connectivity index (χ1v) is 9.46. The molecule has 29 heavy (non-hydrogen) atoms. The quantitative estimate of drug-likeness (QED) is 0.247. The molecule has 0 spiro atoms. The lowest BCUT2D eigenvalue weighted by Crippen LogP contribution is -2.40. The molecule has 2 bridgehead atoms. The number of amides is 2. The van der Waals surface area contributed by atoms with Gasteiger partial charge in [0.15, 0.2) is 11.5 Å². The minimum Gasteiger partial charge on any atom is -0.493 e. The molecule has 0 radical (unpaired) electrons. The minimum atomic E-state index is -0.575. The molecule has 150 valence electrons. The molecular formula is C20H19N3O6. The van der Waals surface area contributed by atoms with Crippen LogP contribution in [0.2, 0.25) is 0 Å². The average Bonchev–Trinajstić information content (AvgIpc) is 3.50. The topological polar surface area (TPSA) is 111 Å². The van der Waals surface area contributed by atoms with Crippen molar-refractivity contribution in [2.45, 2.75) is 6.42 Å². The zero-order valence-electron chi connectivity index (χ0n) is 15.8. The number of allylic oxidation sites excluding steroid dienone is 2. The largest absolute Gasteiger partial charge is 0.493 e. The van der Waals surface area contributed by atoms with Crippen LogP contribution >= 0.6 is 0 Å². The minimum absolute atomic E-state index is 0.0991. The van der Waals surface area contributed by atoms with Crippen LogP contribution in [-0.2, 0) is 9.59 Å². The monoisotopic (exact) mass is 397 g/mol. The van der Waals surface area contributed by atoms with Gasteiger partial charge in [-0.2, -0.15) is 10.1 Å². The Morgan fingerprint density at radius 1 is 1.07 bits per heavy atom. The molecule has 0 unspecified atom stereocenters. The zero-order chi connectivity index (χ0) is 20.4. The van der Waals surface area contributed by atoms with Gasteiger partial charge in [0.05, 0.1) is 48.8 Å². The Bertz CT molecular complexity index is 966. The third-order valence-electron chi connectivity index (χ3n) is 6.68. The molecule has 1 aromatic rings. The van der Waals surface area contributed by atoms with Crippen molar-refractivity contribution in [1.82, 2.24) is 5.01 Å². The predicted molar refractivity (Wildman–Crippen MR) is 100 cm³/mol. The Kier molecular flexibility index (Phi) is 3.77. The van der Waals surface area contributed by atoms with Crippen LogP contribution in [0.5, 0.6) is 11.5 Å². The van der Waals surface area contributed by atoms with E-state index in [9.17, 15) is 19.7 Å². The number of nitro benzene ring substituents is 1. The van der Waals surface area contributed by atoms with Crippen LogP contribution in [0.25, 0.3) is 0 Å². The van der Waals surface area contributed by atoms with Gasteiger partial charge in [-0.1, -0.05) is 12.2 Å². The van der Waals surface area contributed by atoms with E-state index in [-0.39, 0.29) is 58.2 Å². The normalized spacial score (nSPS) is 33.8. The molecular weight excluding hydrogens is 378 g/mol. The number of nitrogens with zero attached hydrogens (tertiary/aromatic N) is 3. The number of nitro groups is 1. The van der Waals surface area contributed by atoms with E-state index in [2.05, 4.69) is 17.3 Å². The summed E-state index contributed by atoms with van der Waals surface area (Å²) in [5, 5.41) is 16.4. The summed E-state index contributed by atoms with van der Waals surface area (Å²) in [5.74, 6) is 0.333. The molecule has 1 heterocycles. The SMILES string of the molecule is COc1cc(/C=N\N2C(=O)[C@H]3[C@@H]4C=C[C@H]([C@@H]5C[C@H]45)[C@@H]3C2=O)c([N+](=O)[O-])cc1OC. The van der Waals surface area contributed by atoms with Crippen molar-refractivity contribution in [3.8, 4) is 11.5 Å². The van der Waals surface area contributed by atoms with Gasteiger partial charge in [0.2, 0.25) is 0 Å². The fourth-order valence-electron chi connectivity index (χ4n) is 5.32. The van der Waals surface area contributed by atoms with Crippen LogP contribution in [0.3, 0.4) is 0 Å². The molecule has 1 saturated heterocycles. The third-order valence-corrected chi connectivity index (χ3v) is 6.68. The lowest BCUT2D eigenvalue weighted by molar-refractivity contribution is -0.385. The summed E-state index contributed by atoms with van der Waals surface area (Å²) in [7, 11) is 2.79. The number of ether oxygens (including phenoxy) is 2. The first-order chi connectivity index (χ1) is 14.0. The Morgan fingerprint density at radius 3 is 2.14 bits per heavy atom. The number of carbonyl (C=O) groups excluding carboxylic acids is 2. The molecule has 1 aliphatic heterocycles. The fraction of sp³-hybridized carbons (Fsp3) is 0.450. The van der Waals surface area contributed by atoms with Crippen molar-refractivity contribution < 1.29 is 24.0 Å². The zero-order valence-corrected chi connectivity index (χ0v) is 15.8. The molecule has 5 aliphatic rings. The van der Waals surface area contributed by atoms with Crippen LogP contribution in [0.1, 0.15) is 12.0 Å². The van der Waals surface area contributed by atoms with Crippen LogP contribution in [0, 0.1) is 45.6 Å². The number of imide groups is 1. The molecule has 4 aliphatic carbocycles. The lowest BCUT2D eigenvalue weighted by Gasteiger charge is -2.37. The van der Waals surface area contributed by atoms with Crippen molar-refractivity contribution in [1.29, 1.82) is 0 Å². The summed E-state index contributed by atoms with van der Waals surface area (Å²) in [4.78, 5) is 36.8. The molecule has 0 N–H and O–H groups in total. The van der Waals surface area contributed by atoms with Crippen molar-refractivity contribution in [2.75, 3.05) is 14.2 Å². The highest BCUT2D eigenvalue weighted by Crippen LogP contribution is 2.65. The molecule has 9 heteroatoms. The molecule has 6 rings (SSSR count). The van der Waals surface area contributed by atoms with Gasteiger partial charge in [0.25, 0.3) is 17.5 Å². The molecule has 2 saturated carbocycles. The summed E-state index contributed by atoms with van der Waals surface area (Å²) in [6.45, 7) is 0. The Hall–Kier alpha value is -3.23. The van der Waals surface area contributed by atoms with Gasteiger partial charge in [0, 0.05) is 0 Å². The van der Waals surface area contributed by atoms with E-state index in [0.717, 1.165) is 11.4 Å². The number of rotatable bonds is 5. The van der Waals surface area contributed by atoms with E-state index in [4.69, 9.17) is 9.47 Å². The number of benzene rings is 1. The Morgan fingerprint density at radius 2 is 1.62 bits per heavy atom. The highest BCUT2D eigenvalue weighted by molar-refractivity contribution is 6.06. The van der Waals surface area contributed by atoms with E-state index in [1.165, 1.54) is 32.6 Å². The highest BCUT2D eigenvalue weighted by Gasteiger charge is 2.67. The van der Waals surface area contributed by atoms with Crippen molar-refractivity contribution in [3.63, 3.8) is 0 Å². The van der Waals surface area contributed by atoms with Gasteiger partial charge < -0.3 is 9.47 Å². The number of hydrazone groups is 1. The Labute approximate surface area is 166 Å². The first-order valence-electron chi connectivity index (χ1n) is 9.46. The van der Waals surface area contributed by atoms with E-state index in [1.54, 1.807) is 0 Å². The second-order valence-corrected chi connectivity index (χ2v) is 7.91. The van der Waals surface area contributed by atoms with Gasteiger partial charge in [-0.05, 0) is 36.2 Å². The maximum absolute atomic E-state index is 12.9. The number of methoxy groups -OCH3 is 2. The molecule has 0 aromatic heterocycles. The van der Waals surface area contributed by atoms with Crippen molar-refractivity contribution >= 4 is 23.7 Å². The van der Waals surface area contributed by atoms with Crippen LogP contribution in [-0.4, -0.2) is 42.2 Å². The third kappa shape index (κ3) is 2.43. The van der Waals surface area contributed by atoms with Crippen molar-refractivity contribution in [3.05, 3.63) is 40.0 Å². The van der Waals surface area contributed by atoms with Crippen LogP contribution in [0.4, 0.5) is 5.69 Å². The fourth-order valence-corrected chi connectivity index (χ4v) is 5.32. The first kappa shape index (κ1) is 17.8. The maximum Gasteiger partial charge on any atom is 0.282 e. The standard InChI is InChI=1S/C20H19N3O6/c1-28-15-5-9(14(23(26)27)7-16(15)29-2)8-21-22-19(24)17-10-3-4-11(13-6-12(10)13)18(17)20(22)25/h3-5,7-8,10-13,17-18H,6H2,1-2H3/b21-8-/t10-,11-,12-,13+,17+,18+/m1/s1. The molecule has 2 amide bonds. The second-order valence-electron chi connectivity index (χ2n) is 7.91. The summed E-state index contributed by atoms with van der Waals surface area (Å²) in [6, 6.07) is 2.63. The smallest absolute Gasteiger partial charge is 0.282 e. The van der Waals surface area contributed by atoms with Gasteiger partial charge in [-0.3, -0.25) is 19.7 Å². The maximum atomic E-state index is 12.9. The Balaban J connectivity index is 1.48. The van der Waals surface area contributed by atoms with Gasteiger partial charge >= 0.3 is 0 Å². The molecule has 1 aromatic carbocycles. The van der Waals surface area contributed by atoms with Crippen LogP contribution in [0.15, 0.2) is 29.4 Å². The average molecular weight is 397 g/mol. The number of hydrogen-bond acceptors (Lipinski definition) is 7. The number of carbonyl (C=O) groups is 2. The summed E-state index contributed by atoms with van der Waals surface area (Å²) in [5.41, 5.74) is -0.141. The van der Waals surface area contributed by atoms with E-state index in [0.29, 0.717) is 11.8 Å². The second kappa shape index (κ2) is 6.13. The van der Waals surface area contributed by atoms with Crippen molar-refractivity contribution in [2.24, 2.45) is 40.6 Å². The summed E-state index contributed by atoms with van der Waals surface area (Å²) >= 11 is 0. The van der Waals surface area contributed by atoms with E-state index < -0.39 is 4.92 Å². The van der Waals surface area contributed by atoms with E-state index >= 15 is 0 Å². The highest BCUT2D eigenvalue weighted by atomic mass is 16.6. The lowest BCUT2D eigenvalue weighted by atomic mass is 9.63. The molecule has 3 fully saturated rings. The molecule has 6 atom stereocenters. The van der Waals surface area contributed by atoms with Gasteiger partial charge in [-0.25, -0.2) is 0 Å². The number of hydrogen-bond donors (Lipinski definition) is 0. The summed E-state index contributed by atoms with van der Waals surface area (Å²) < 4.78 is 10.3. The van der Waals surface area contributed by atoms with Gasteiger partial charge in [-0.15, -0.1) is 0 Å². The van der Waals surface area contributed by atoms with E-state index in [1.807, 2.05) is 0 Å².